The third-order valence-corrected chi connectivity index (χ3v) is 6.53. The van der Waals surface area contributed by atoms with Crippen LogP contribution >= 0.6 is 27.7 Å². The Balaban J connectivity index is 2.28. The number of nitrogens with zero attached hydrogens (tertiary/aromatic N) is 3. The Bertz CT molecular complexity index is 736. The zero-order valence-electron chi connectivity index (χ0n) is 13.6. The van der Waals surface area contributed by atoms with Crippen LogP contribution in [-0.2, 0) is 18.5 Å². The van der Waals surface area contributed by atoms with Gasteiger partial charge < -0.3 is 4.74 Å². The van der Waals surface area contributed by atoms with Crippen LogP contribution in [0.2, 0.25) is 25.7 Å². The molecule has 22 heavy (non-hydrogen) atoms. The van der Waals surface area contributed by atoms with Crippen molar-refractivity contribution in [3.63, 3.8) is 0 Å². The van der Waals surface area contributed by atoms with Crippen LogP contribution in [0.5, 0.6) is 0 Å². The topological polar surface area (TPSA) is 49.1 Å². The standard InChI is InChI=1S/C14H22BrN3O2SSi/c1-17-13(19)10-8-11(15)18(12(10)16-14(17)21-2)9-20-6-7-22(3,4)5/h8H,6-7,9H2,1-5H3. The molecule has 0 atom stereocenters. The molecule has 2 heterocycles. The summed E-state index contributed by atoms with van der Waals surface area (Å²) in [4.78, 5) is 17.0. The summed E-state index contributed by atoms with van der Waals surface area (Å²) in [5.41, 5.74) is 0.642. The second-order valence-electron chi connectivity index (χ2n) is 6.44. The minimum absolute atomic E-state index is 0.0316. The van der Waals surface area contributed by atoms with Crippen LogP contribution in [0.25, 0.3) is 11.0 Å². The third kappa shape index (κ3) is 3.84. The molecule has 0 radical (unpaired) electrons. The van der Waals surface area contributed by atoms with Gasteiger partial charge in [0.2, 0.25) is 0 Å². The second kappa shape index (κ2) is 6.90. The third-order valence-electron chi connectivity index (χ3n) is 3.44. The maximum atomic E-state index is 12.4. The molecule has 0 bridgehead atoms. The Morgan fingerprint density at radius 3 is 2.68 bits per heavy atom. The maximum absolute atomic E-state index is 12.4. The molecule has 8 heteroatoms. The van der Waals surface area contributed by atoms with Crippen LogP contribution < -0.4 is 5.56 Å². The first-order valence-corrected chi connectivity index (χ1v) is 12.8. The number of ether oxygens (including phenoxy) is 1. The molecule has 122 valence electrons. The highest BCUT2D eigenvalue weighted by molar-refractivity contribution is 9.10. The van der Waals surface area contributed by atoms with Crippen LogP contribution in [0.15, 0.2) is 20.6 Å². The number of thioether (sulfide) groups is 1. The van der Waals surface area contributed by atoms with Gasteiger partial charge in [-0.1, -0.05) is 31.4 Å². The molecule has 0 aliphatic heterocycles. The lowest BCUT2D eigenvalue weighted by atomic mass is 10.4. The summed E-state index contributed by atoms with van der Waals surface area (Å²) in [5.74, 6) is 0. The lowest BCUT2D eigenvalue weighted by Gasteiger charge is -2.16. The highest BCUT2D eigenvalue weighted by Crippen LogP contribution is 2.22. The molecule has 5 nitrogen and oxygen atoms in total. The molecule has 2 rings (SSSR count). The quantitative estimate of drug-likeness (QED) is 0.320. The summed E-state index contributed by atoms with van der Waals surface area (Å²) in [6.07, 6.45) is 1.92. The van der Waals surface area contributed by atoms with E-state index in [0.717, 1.165) is 17.3 Å². The summed E-state index contributed by atoms with van der Waals surface area (Å²) in [7, 11) is 0.650. The van der Waals surface area contributed by atoms with E-state index in [9.17, 15) is 4.79 Å². The van der Waals surface area contributed by atoms with Crippen LogP contribution in [-0.4, -0.2) is 35.1 Å². The van der Waals surface area contributed by atoms with E-state index < -0.39 is 8.07 Å². The SMILES string of the molecule is CSc1nc2c(cc(Br)n2COCC[Si](C)(C)C)c(=O)n1C. The van der Waals surface area contributed by atoms with E-state index in [2.05, 4.69) is 40.6 Å². The summed E-state index contributed by atoms with van der Waals surface area (Å²) in [5, 5.41) is 1.31. The Hall–Kier alpha value is -0.573. The number of halogens is 1. The average Bonchev–Trinajstić information content (AvgIpc) is 2.74. The fourth-order valence-corrected chi connectivity index (χ4v) is 3.85. The number of hydrogen-bond donors (Lipinski definition) is 0. The molecule has 0 amide bonds. The van der Waals surface area contributed by atoms with Crippen molar-refractivity contribution < 1.29 is 4.74 Å². The molecule has 0 N–H and O–H groups in total. The number of fused-ring (bicyclic) bond motifs is 1. The molecule has 0 aliphatic rings. The maximum Gasteiger partial charge on any atom is 0.263 e. The van der Waals surface area contributed by atoms with Crippen LogP contribution in [0.3, 0.4) is 0 Å². The molecule has 0 spiro atoms. The Labute approximate surface area is 144 Å². The van der Waals surface area contributed by atoms with Gasteiger partial charge in [-0.05, 0) is 34.3 Å². The monoisotopic (exact) mass is 403 g/mol. The van der Waals surface area contributed by atoms with Gasteiger partial charge >= 0.3 is 0 Å². The van der Waals surface area contributed by atoms with Crippen molar-refractivity contribution in [2.45, 2.75) is 37.6 Å². The smallest absolute Gasteiger partial charge is 0.263 e. The molecule has 0 saturated carbocycles. The van der Waals surface area contributed by atoms with Crippen molar-refractivity contribution >= 4 is 46.8 Å². The van der Waals surface area contributed by atoms with Crippen molar-refractivity contribution in [1.29, 1.82) is 0 Å². The van der Waals surface area contributed by atoms with Crippen molar-refractivity contribution in [2.24, 2.45) is 7.05 Å². The van der Waals surface area contributed by atoms with Gasteiger partial charge in [-0.3, -0.25) is 13.9 Å². The van der Waals surface area contributed by atoms with E-state index >= 15 is 0 Å². The van der Waals surface area contributed by atoms with E-state index in [1.54, 1.807) is 11.6 Å². The molecule has 0 fully saturated rings. The van der Waals surface area contributed by atoms with Crippen LogP contribution in [0.1, 0.15) is 0 Å². The highest BCUT2D eigenvalue weighted by atomic mass is 79.9. The Morgan fingerprint density at radius 2 is 2.09 bits per heavy atom. The number of rotatable bonds is 6. The minimum Gasteiger partial charge on any atom is -0.361 e. The van der Waals surface area contributed by atoms with E-state index in [1.165, 1.54) is 11.8 Å². The van der Waals surface area contributed by atoms with Gasteiger partial charge in [-0.2, -0.15) is 0 Å². The summed E-state index contributed by atoms with van der Waals surface area (Å²) in [6, 6.07) is 2.94. The summed E-state index contributed by atoms with van der Waals surface area (Å²) in [6.45, 7) is 8.12. The summed E-state index contributed by atoms with van der Waals surface area (Å²) < 4.78 is 10.1. The molecular formula is C14H22BrN3O2SSi. The summed E-state index contributed by atoms with van der Waals surface area (Å²) >= 11 is 4.97. The van der Waals surface area contributed by atoms with Gasteiger partial charge in [0.1, 0.15) is 6.73 Å². The average molecular weight is 404 g/mol. The zero-order chi connectivity index (χ0) is 16.5. The van der Waals surface area contributed by atoms with Gasteiger partial charge in [-0.25, -0.2) is 4.98 Å². The van der Waals surface area contributed by atoms with E-state index in [4.69, 9.17) is 4.74 Å². The van der Waals surface area contributed by atoms with Gasteiger partial charge in [0.05, 0.1) is 9.99 Å². The molecule has 0 aliphatic carbocycles. The van der Waals surface area contributed by atoms with Gasteiger partial charge in [0, 0.05) is 21.7 Å². The molecule has 0 aromatic carbocycles. The van der Waals surface area contributed by atoms with E-state index in [0.29, 0.717) is 22.9 Å². The zero-order valence-corrected chi connectivity index (χ0v) is 17.0. The van der Waals surface area contributed by atoms with Gasteiger partial charge in [-0.15, -0.1) is 0 Å². The van der Waals surface area contributed by atoms with E-state index in [-0.39, 0.29) is 5.56 Å². The Morgan fingerprint density at radius 1 is 1.41 bits per heavy atom. The minimum atomic E-state index is -1.10. The van der Waals surface area contributed by atoms with Crippen molar-refractivity contribution in [3.8, 4) is 0 Å². The second-order valence-corrected chi connectivity index (χ2v) is 13.7. The lowest BCUT2D eigenvalue weighted by Crippen LogP contribution is -2.22. The molecule has 2 aromatic rings. The molecular weight excluding hydrogens is 382 g/mol. The van der Waals surface area contributed by atoms with Crippen LogP contribution in [0.4, 0.5) is 0 Å². The molecule has 0 unspecified atom stereocenters. The Kier molecular flexibility index (Phi) is 5.57. The van der Waals surface area contributed by atoms with Crippen molar-refractivity contribution in [2.75, 3.05) is 12.9 Å². The predicted molar refractivity (Wildman–Crippen MR) is 98.6 cm³/mol. The molecule has 2 aromatic heterocycles. The van der Waals surface area contributed by atoms with Gasteiger partial charge in [0.25, 0.3) is 5.56 Å². The number of aromatic nitrogens is 3. The fraction of sp³-hybridized carbons (Fsp3) is 0.571. The van der Waals surface area contributed by atoms with Gasteiger partial charge in [0.15, 0.2) is 10.8 Å². The predicted octanol–water partition coefficient (Wildman–Crippen LogP) is 3.53. The highest BCUT2D eigenvalue weighted by Gasteiger charge is 2.16. The van der Waals surface area contributed by atoms with Crippen molar-refractivity contribution in [1.82, 2.24) is 14.1 Å². The normalized spacial score (nSPS) is 12.3. The first kappa shape index (κ1) is 17.8. The largest absolute Gasteiger partial charge is 0.361 e. The van der Waals surface area contributed by atoms with Crippen molar-refractivity contribution in [3.05, 3.63) is 21.0 Å². The van der Waals surface area contributed by atoms with Crippen LogP contribution in [0, 0.1) is 0 Å². The first-order valence-electron chi connectivity index (χ1n) is 7.12. The van der Waals surface area contributed by atoms with E-state index in [1.807, 2.05) is 16.9 Å². The number of hydrogen-bond acceptors (Lipinski definition) is 4. The fourth-order valence-electron chi connectivity index (χ4n) is 2.06. The lowest BCUT2D eigenvalue weighted by molar-refractivity contribution is 0.0884. The molecule has 0 saturated heterocycles. The first-order chi connectivity index (χ1) is 10.2.